The zero-order chi connectivity index (χ0) is 15.4. The number of nitrogens with one attached hydrogen (secondary N) is 1. The van der Waals surface area contributed by atoms with Crippen LogP contribution in [-0.2, 0) is 11.3 Å². The molecule has 1 N–H and O–H groups in total. The Balaban J connectivity index is 2.24. The van der Waals surface area contributed by atoms with Crippen LogP contribution in [0.15, 0.2) is 36.4 Å². The summed E-state index contributed by atoms with van der Waals surface area (Å²) in [5.74, 6) is -1.13. The summed E-state index contributed by atoms with van der Waals surface area (Å²) in [6.07, 6.45) is 0. The van der Waals surface area contributed by atoms with E-state index in [1.807, 2.05) is 6.07 Å². The van der Waals surface area contributed by atoms with Crippen molar-refractivity contribution < 1.29 is 13.9 Å². The number of anilines is 1. The highest BCUT2D eigenvalue weighted by Crippen LogP contribution is 2.27. The Morgan fingerprint density at radius 1 is 1.29 bits per heavy atom. The average Bonchev–Trinajstić information content (AvgIpc) is 2.49. The highest BCUT2D eigenvalue weighted by Gasteiger charge is 2.13. The first-order chi connectivity index (χ1) is 10.0. The summed E-state index contributed by atoms with van der Waals surface area (Å²) in [7, 11) is 1.24. The van der Waals surface area contributed by atoms with E-state index in [0.29, 0.717) is 22.3 Å². The summed E-state index contributed by atoms with van der Waals surface area (Å²) in [6.45, 7) is 0.342. The van der Waals surface area contributed by atoms with E-state index in [1.54, 1.807) is 12.1 Å². The molecule has 2 aromatic carbocycles. The fourth-order valence-electron chi connectivity index (χ4n) is 1.82. The van der Waals surface area contributed by atoms with Gasteiger partial charge in [0.25, 0.3) is 0 Å². The molecule has 0 fully saturated rings. The van der Waals surface area contributed by atoms with Crippen molar-refractivity contribution in [1.29, 1.82) is 0 Å². The lowest BCUT2D eigenvalue weighted by Gasteiger charge is -2.12. The van der Waals surface area contributed by atoms with E-state index in [-0.39, 0.29) is 5.56 Å². The van der Waals surface area contributed by atoms with E-state index >= 15 is 0 Å². The van der Waals surface area contributed by atoms with Crippen molar-refractivity contribution in [3.63, 3.8) is 0 Å². The third-order valence-electron chi connectivity index (χ3n) is 2.89. The van der Waals surface area contributed by atoms with Crippen molar-refractivity contribution in [3.05, 3.63) is 63.4 Å². The lowest BCUT2D eigenvalue weighted by atomic mass is 10.1. The number of benzene rings is 2. The van der Waals surface area contributed by atoms with E-state index in [9.17, 15) is 9.18 Å². The Hall–Kier alpha value is -1.78. The third-order valence-corrected chi connectivity index (χ3v) is 3.75. The standard InChI is InChI=1S/C15H12Cl2FNO2/c1-21-15(20)11-7-10(18)5-6-13(11)19-8-9-3-2-4-12(16)14(9)17/h2-7,19H,8H2,1H3. The van der Waals surface area contributed by atoms with Crippen molar-refractivity contribution >= 4 is 34.9 Å². The number of ether oxygens (including phenoxy) is 1. The Morgan fingerprint density at radius 2 is 2.05 bits per heavy atom. The van der Waals surface area contributed by atoms with Crippen LogP contribution in [0, 0.1) is 5.82 Å². The maximum atomic E-state index is 13.2. The van der Waals surface area contributed by atoms with Crippen molar-refractivity contribution in [2.45, 2.75) is 6.54 Å². The highest BCUT2D eigenvalue weighted by molar-refractivity contribution is 6.42. The molecule has 2 rings (SSSR count). The minimum absolute atomic E-state index is 0.121. The summed E-state index contributed by atoms with van der Waals surface area (Å²) >= 11 is 12.0. The smallest absolute Gasteiger partial charge is 0.340 e. The van der Waals surface area contributed by atoms with E-state index in [4.69, 9.17) is 23.2 Å². The van der Waals surface area contributed by atoms with Gasteiger partial charge in [-0.15, -0.1) is 0 Å². The number of carbonyl (C=O) groups excluding carboxylic acids is 1. The number of hydrogen-bond donors (Lipinski definition) is 1. The molecule has 0 bridgehead atoms. The van der Waals surface area contributed by atoms with Gasteiger partial charge in [0.15, 0.2) is 0 Å². The second kappa shape index (κ2) is 6.78. The largest absolute Gasteiger partial charge is 0.465 e. The molecule has 0 heterocycles. The first kappa shape index (κ1) is 15.6. The lowest BCUT2D eigenvalue weighted by Crippen LogP contribution is -2.09. The number of esters is 1. The number of halogens is 3. The molecule has 3 nitrogen and oxygen atoms in total. The van der Waals surface area contributed by atoms with E-state index < -0.39 is 11.8 Å². The quantitative estimate of drug-likeness (QED) is 0.838. The molecule has 2 aromatic rings. The Labute approximate surface area is 131 Å². The first-order valence-corrected chi connectivity index (χ1v) is 6.83. The van der Waals surface area contributed by atoms with E-state index in [1.165, 1.54) is 19.2 Å². The third kappa shape index (κ3) is 3.65. The van der Waals surface area contributed by atoms with Gasteiger partial charge >= 0.3 is 5.97 Å². The van der Waals surface area contributed by atoms with Crippen LogP contribution in [0.5, 0.6) is 0 Å². The number of hydrogen-bond acceptors (Lipinski definition) is 3. The lowest BCUT2D eigenvalue weighted by molar-refractivity contribution is 0.0601. The van der Waals surface area contributed by atoms with Crippen molar-refractivity contribution in [2.24, 2.45) is 0 Å². The second-order valence-electron chi connectivity index (χ2n) is 4.25. The van der Waals surface area contributed by atoms with Gasteiger partial charge in [-0.3, -0.25) is 0 Å². The topological polar surface area (TPSA) is 38.3 Å². The molecule has 0 saturated heterocycles. The van der Waals surface area contributed by atoms with E-state index in [0.717, 1.165) is 11.6 Å². The van der Waals surface area contributed by atoms with Gasteiger partial charge in [-0.25, -0.2) is 9.18 Å². The van der Waals surface area contributed by atoms with Crippen LogP contribution in [0.25, 0.3) is 0 Å². The molecule has 0 atom stereocenters. The van der Waals surface area contributed by atoms with Crippen LogP contribution in [0.3, 0.4) is 0 Å². The van der Waals surface area contributed by atoms with Crippen molar-refractivity contribution in [2.75, 3.05) is 12.4 Å². The van der Waals surface area contributed by atoms with Crippen LogP contribution >= 0.6 is 23.2 Å². The zero-order valence-electron chi connectivity index (χ0n) is 11.1. The number of rotatable bonds is 4. The summed E-state index contributed by atoms with van der Waals surface area (Å²) in [4.78, 5) is 11.6. The molecule has 0 saturated carbocycles. The van der Waals surface area contributed by atoms with Gasteiger partial charge in [0.1, 0.15) is 5.82 Å². The minimum atomic E-state index is -0.616. The fraction of sp³-hybridized carbons (Fsp3) is 0.133. The van der Waals surface area contributed by atoms with Gasteiger partial charge in [-0.05, 0) is 29.8 Å². The van der Waals surface area contributed by atoms with Gasteiger partial charge in [0.2, 0.25) is 0 Å². The average molecular weight is 328 g/mol. The maximum absolute atomic E-state index is 13.2. The van der Waals surface area contributed by atoms with Crippen LogP contribution in [0.4, 0.5) is 10.1 Å². The molecule has 0 spiro atoms. The van der Waals surface area contributed by atoms with Gasteiger partial charge in [-0.2, -0.15) is 0 Å². The summed E-state index contributed by atoms with van der Waals surface area (Å²) in [5.41, 5.74) is 1.35. The minimum Gasteiger partial charge on any atom is -0.465 e. The van der Waals surface area contributed by atoms with Crippen molar-refractivity contribution in [1.82, 2.24) is 0 Å². The predicted octanol–water partition coefficient (Wildman–Crippen LogP) is 4.53. The van der Waals surface area contributed by atoms with Gasteiger partial charge < -0.3 is 10.1 Å². The molecule has 0 unspecified atom stereocenters. The second-order valence-corrected chi connectivity index (χ2v) is 5.03. The molecule has 0 aliphatic rings. The molecule has 6 heteroatoms. The normalized spacial score (nSPS) is 10.3. The molecule has 0 aliphatic heterocycles. The molecule has 110 valence electrons. The summed E-state index contributed by atoms with van der Waals surface area (Å²) in [6, 6.07) is 9.12. The van der Waals surface area contributed by atoms with Crippen LogP contribution in [-0.4, -0.2) is 13.1 Å². The molecule has 0 aliphatic carbocycles. The first-order valence-electron chi connectivity index (χ1n) is 6.07. The Kier molecular flexibility index (Phi) is 5.04. The SMILES string of the molecule is COC(=O)c1cc(F)ccc1NCc1cccc(Cl)c1Cl. The summed E-state index contributed by atoms with van der Waals surface area (Å²) < 4.78 is 17.9. The van der Waals surface area contributed by atoms with Crippen LogP contribution < -0.4 is 5.32 Å². The molecule has 0 amide bonds. The fourth-order valence-corrected chi connectivity index (χ4v) is 2.21. The molecule has 0 aromatic heterocycles. The molecule has 0 radical (unpaired) electrons. The van der Waals surface area contributed by atoms with Crippen LogP contribution in [0.2, 0.25) is 10.0 Å². The zero-order valence-corrected chi connectivity index (χ0v) is 12.6. The number of methoxy groups -OCH3 is 1. The predicted molar refractivity (Wildman–Crippen MR) is 81.5 cm³/mol. The highest BCUT2D eigenvalue weighted by atomic mass is 35.5. The number of carbonyl (C=O) groups is 1. The van der Waals surface area contributed by atoms with Gasteiger partial charge in [0, 0.05) is 12.2 Å². The maximum Gasteiger partial charge on any atom is 0.340 e. The van der Waals surface area contributed by atoms with Gasteiger partial charge in [0.05, 0.1) is 22.7 Å². The van der Waals surface area contributed by atoms with Crippen LogP contribution in [0.1, 0.15) is 15.9 Å². The Morgan fingerprint density at radius 3 is 2.76 bits per heavy atom. The summed E-state index contributed by atoms with van der Waals surface area (Å²) in [5, 5.41) is 3.92. The monoisotopic (exact) mass is 327 g/mol. The van der Waals surface area contributed by atoms with Crippen molar-refractivity contribution in [3.8, 4) is 0 Å². The Bertz CT molecular complexity index is 677. The van der Waals surface area contributed by atoms with Gasteiger partial charge in [-0.1, -0.05) is 35.3 Å². The molecular formula is C15H12Cl2FNO2. The molecule has 21 heavy (non-hydrogen) atoms. The van der Waals surface area contributed by atoms with E-state index in [2.05, 4.69) is 10.1 Å². The molecular weight excluding hydrogens is 316 g/mol.